The Balaban J connectivity index is 1.59. The molecule has 5 nitrogen and oxygen atoms in total. The first kappa shape index (κ1) is 19.0. The average molecular weight is 376 g/mol. The highest BCUT2D eigenvalue weighted by atomic mass is 32.2. The van der Waals surface area contributed by atoms with Crippen molar-refractivity contribution in [1.29, 1.82) is 0 Å². The summed E-state index contributed by atoms with van der Waals surface area (Å²) in [7, 11) is -3.82. The van der Waals surface area contributed by atoms with Crippen molar-refractivity contribution in [3.8, 4) is 0 Å². The monoisotopic (exact) mass is 376 g/mol. The molecule has 1 fully saturated rings. The summed E-state index contributed by atoms with van der Waals surface area (Å²) in [5, 5.41) is 0. The Kier molecular flexibility index (Phi) is 6.43. The van der Waals surface area contributed by atoms with Gasteiger partial charge >= 0.3 is 0 Å². The number of ether oxygens (including phenoxy) is 2. The molecule has 1 saturated heterocycles. The molecular formula is C20H24O5S. The lowest BCUT2D eigenvalue weighted by atomic mass is 10.2. The third kappa shape index (κ3) is 5.92. The SMILES string of the molecule is Cc1ccc(S(=O)(=O)OC(CCC2CO2)COCc2ccccc2)cc1. The van der Waals surface area contributed by atoms with Gasteiger partial charge in [0.2, 0.25) is 0 Å². The van der Waals surface area contributed by atoms with Gasteiger partial charge in [-0.3, -0.25) is 4.18 Å². The molecule has 140 valence electrons. The van der Waals surface area contributed by atoms with E-state index in [9.17, 15) is 8.42 Å². The normalized spacial score (nSPS) is 17.8. The lowest BCUT2D eigenvalue weighted by Crippen LogP contribution is -2.24. The van der Waals surface area contributed by atoms with Crippen LogP contribution in [0, 0.1) is 6.92 Å². The van der Waals surface area contributed by atoms with Crippen LogP contribution < -0.4 is 0 Å². The van der Waals surface area contributed by atoms with Crippen LogP contribution in [0.2, 0.25) is 0 Å². The molecule has 0 aromatic heterocycles. The van der Waals surface area contributed by atoms with E-state index in [1.165, 1.54) is 0 Å². The second-order valence-corrected chi connectivity index (χ2v) is 8.09. The summed E-state index contributed by atoms with van der Waals surface area (Å²) in [6, 6.07) is 16.4. The van der Waals surface area contributed by atoms with Crippen molar-refractivity contribution in [2.24, 2.45) is 0 Å². The molecule has 1 aliphatic heterocycles. The van der Waals surface area contributed by atoms with E-state index in [0.29, 0.717) is 13.0 Å². The number of rotatable bonds is 10. The second-order valence-electron chi connectivity index (χ2n) is 6.52. The molecule has 2 atom stereocenters. The van der Waals surface area contributed by atoms with Gasteiger partial charge in [0.15, 0.2) is 0 Å². The van der Waals surface area contributed by atoms with E-state index in [1.54, 1.807) is 24.3 Å². The average Bonchev–Trinajstić information content (AvgIpc) is 3.45. The van der Waals surface area contributed by atoms with Gasteiger partial charge in [-0.2, -0.15) is 8.42 Å². The molecule has 26 heavy (non-hydrogen) atoms. The predicted molar refractivity (Wildman–Crippen MR) is 98.3 cm³/mol. The summed E-state index contributed by atoms with van der Waals surface area (Å²) in [5.74, 6) is 0. The zero-order chi connectivity index (χ0) is 18.4. The Morgan fingerprint density at radius 2 is 1.81 bits per heavy atom. The Bertz CT molecular complexity index is 783. The van der Waals surface area contributed by atoms with Gasteiger partial charge < -0.3 is 9.47 Å². The van der Waals surface area contributed by atoms with E-state index in [2.05, 4.69) is 0 Å². The van der Waals surface area contributed by atoms with E-state index in [0.717, 1.165) is 24.2 Å². The molecule has 0 amide bonds. The number of aryl methyl sites for hydroxylation is 1. The topological polar surface area (TPSA) is 65.1 Å². The van der Waals surface area contributed by atoms with Crippen LogP contribution in [-0.2, 0) is 30.4 Å². The van der Waals surface area contributed by atoms with Crippen LogP contribution in [0.5, 0.6) is 0 Å². The van der Waals surface area contributed by atoms with E-state index >= 15 is 0 Å². The van der Waals surface area contributed by atoms with Crippen LogP contribution in [0.4, 0.5) is 0 Å². The first-order chi connectivity index (χ1) is 12.5. The highest BCUT2D eigenvalue weighted by Gasteiger charge is 2.27. The van der Waals surface area contributed by atoms with E-state index in [4.69, 9.17) is 13.7 Å². The van der Waals surface area contributed by atoms with Crippen LogP contribution >= 0.6 is 0 Å². The zero-order valence-electron chi connectivity index (χ0n) is 14.8. The van der Waals surface area contributed by atoms with Gasteiger partial charge in [-0.15, -0.1) is 0 Å². The van der Waals surface area contributed by atoms with Crippen LogP contribution in [0.1, 0.15) is 24.0 Å². The summed E-state index contributed by atoms with van der Waals surface area (Å²) < 4.78 is 41.5. The minimum Gasteiger partial charge on any atom is -0.374 e. The molecule has 6 heteroatoms. The summed E-state index contributed by atoms with van der Waals surface area (Å²) in [6.45, 7) is 3.29. The Morgan fingerprint density at radius 3 is 2.46 bits per heavy atom. The molecule has 3 rings (SSSR count). The fourth-order valence-corrected chi connectivity index (χ4v) is 3.68. The standard InChI is InChI=1S/C20H24O5S/c1-16-7-11-20(12-8-16)26(21,22)25-19(10-9-18-15-24-18)14-23-13-17-5-3-2-4-6-17/h2-8,11-12,18-19H,9-10,13-15H2,1H3. The van der Waals surface area contributed by atoms with Gasteiger partial charge in [0.1, 0.15) is 6.10 Å². The number of benzene rings is 2. The van der Waals surface area contributed by atoms with Crippen molar-refractivity contribution < 1.29 is 22.1 Å². The minimum absolute atomic E-state index is 0.166. The summed E-state index contributed by atoms with van der Waals surface area (Å²) >= 11 is 0. The highest BCUT2D eigenvalue weighted by Crippen LogP contribution is 2.22. The fraction of sp³-hybridized carbons (Fsp3) is 0.400. The van der Waals surface area contributed by atoms with Crippen molar-refractivity contribution in [2.75, 3.05) is 13.2 Å². The third-order valence-corrected chi connectivity index (χ3v) is 5.58. The number of hydrogen-bond acceptors (Lipinski definition) is 5. The minimum atomic E-state index is -3.82. The summed E-state index contributed by atoms with van der Waals surface area (Å²) in [5.41, 5.74) is 2.04. The van der Waals surface area contributed by atoms with Crippen molar-refractivity contribution in [3.63, 3.8) is 0 Å². The lowest BCUT2D eigenvalue weighted by molar-refractivity contribution is 0.0386. The molecule has 0 radical (unpaired) electrons. The molecule has 0 bridgehead atoms. The highest BCUT2D eigenvalue weighted by molar-refractivity contribution is 7.86. The van der Waals surface area contributed by atoms with E-state index in [-0.39, 0.29) is 17.6 Å². The largest absolute Gasteiger partial charge is 0.374 e. The lowest BCUT2D eigenvalue weighted by Gasteiger charge is -2.17. The third-order valence-electron chi connectivity index (χ3n) is 4.20. The molecule has 1 heterocycles. The van der Waals surface area contributed by atoms with Crippen molar-refractivity contribution in [1.82, 2.24) is 0 Å². The smallest absolute Gasteiger partial charge is 0.297 e. The maximum Gasteiger partial charge on any atom is 0.297 e. The van der Waals surface area contributed by atoms with Gasteiger partial charge in [0.25, 0.3) is 10.1 Å². The van der Waals surface area contributed by atoms with Crippen molar-refractivity contribution >= 4 is 10.1 Å². The Labute approximate surface area is 155 Å². The molecule has 0 saturated carbocycles. The van der Waals surface area contributed by atoms with E-state index < -0.39 is 16.2 Å². The Morgan fingerprint density at radius 1 is 1.12 bits per heavy atom. The van der Waals surface area contributed by atoms with Crippen LogP contribution in [-0.4, -0.2) is 33.8 Å². The first-order valence-electron chi connectivity index (χ1n) is 8.76. The van der Waals surface area contributed by atoms with E-state index in [1.807, 2.05) is 37.3 Å². The maximum absolute atomic E-state index is 12.5. The molecular weight excluding hydrogens is 352 g/mol. The zero-order valence-corrected chi connectivity index (χ0v) is 15.7. The van der Waals surface area contributed by atoms with Gasteiger partial charge in [-0.05, 0) is 37.5 Å². The fourth-order valence-electron chi connectivity index (χ4n) is 2.59. The number of epoxide rings is 1. The Hall–Kier alpha value is -1.73. The molecule has 1 aliphatic rings. The summed E-state index contributed by atoms with van der Waals surface area (Å²) in [4.78, 5) is 0.166. The first-order valence-corrected chi connectivity index (χ1v) is 10.2. The quantitative estimate of drug-likeness (QED) is 0.469. The second kappa shape index (κ2) is 8.77. The van der Waals surface area contributed by atoms with Crippen LogP contribution in [0.15, 0.2) is 59.5 Å². The molecule has 0 N–H and O–H groups in total. The molecule has 2 aromatic carbocycles. The molecule has 2 unspecified atom stereocenters. The van der Waals surface area contributed by atoms with Gasteiger partial charge in [0, 0.05) is 0 Å². The number of hydrogen-bond donors (Lipinski definition) is 0. The van der Waals surface area contributed by atoms with Crippen LogP contribution in [0.3, 0.4) is 0 Å². The van der Waals surface area contributed by atoms with Gasteiger partial charge in [-0.25, -0.2) is 0 Å². The van der Waals surface area contributed by atoms with Crippen LogP contribution in [0.25, 0.3) is 0 Å². The molecule has 2 aromatic rings. The molecule has 0 aliphatic carbocycles. The predicted octanol–water partition coefficient (Wildman–Crippen LogP) is 3.46. The maximum atomic E-state index is 12.5. The molecule has 0 spiro atoms. The van der Waals surface area contributed by atoms with Gasteiger partial charge in [0.05, 0.1) is 30.8 Å². The van der Waals surface area contributed by atoms with Crippen molar-refractivity contribution in [3.05, 3.63) is 65.7 Å². The van der Waals surface area contributed by atoms with Gasteiger partial charge in [-0.1, -0.05) is 48.0 Å². The van der Waals surface area contributed by atoms with Crippen molar-refractivity contribution in [2.45, 2.75) is 43.5 Å². The summed E-state index contributed by atoms with van der Waals surface area (Å²) in [6.07, 6.45) is 1.03.